The van der Waals surface area contributed by atoms with Gasteiger partial charge in [-0.15, -0.1) is 12.3 Å². The van der Waals surface area contributed by atoms with E-state index in [1.807, 2.05) is 30.3 Å². The highest BCUT2D eigenvalue weighted by molar-refractivity contribution is 5.96. The van der Waals surface area contributed by atoms with Crippen molar-refractivity contribution in [3.05, 3.63) is 48.3 Å². The monoisotopic (exact) mass is 283 g/mol. The number of hydrogen-bond donors (Lipinski definition) is 2. The summed E-state index contributed by atoms with van der Waals surface area (Å²) in [6.45, 7) is 0. The van der Waals surface area contributed by atoms with Crippen LogP contribution in [0, 0.1) is 12.3 Å². The van der Waals surface area contributed by atoms with E-state index in [2.05, 4.69) is 16.3 Å². The Hall–Kier alpha value is -3.07. The van der Waals surface area contributed by atoms with Crippen molar-refractivity contribution in [3.63, 3.8) is 0 Å². The number of hydrogen-bond acceptors (Lipinski definition) is 3. The number of nitrogens with zero attached hydrogens (tertiary/aromatic N) is 2. The number of nitrogens with one attached hydrogen (secondary N) is 1. The number of aliphatic carboxylic acids is 1. The number of benzene rings is 1. The third-order valence-corrected chi connectivity index (χ3v) is 2.79. The second kappa shape index (κ2) is 6.39. The molecule has 0 bridgehead atoms. The summed E-state index contributed by atoms with van der Waals surface area (Å²) in [7, 11) is 0. The number of rotatable bonds is 5. The molecule has 1 unspecified atom stereocenters. The molecule has 0 aliphatic rings. The van der Waals surface area contributed by atoms with Crippen molar-refractivity contribution in [3.8, 4) is 18.0 Å². The number of amides is 1. The second-order valence-corrected chi connectivity index (χ2v) is 4.28. The summed E-state index contributed by atoms with van der Waals surface area (Å²) in [5, 5.41) is 15.4. The quantitative estimate of drug-likeness (QED) is 0.804. The SMILES string of the molecule is C#CCC(NC(=O)c1cnn(-c2ccccc2)c1)C(=O)O. The van der Waals surface area contributed by atoms with Gasteiger partial charge in [-0.2, -0.15) is 5.10 Å². The zero-order valence-electron chi connectivity index (χ0n) is 11.1. The van der Waals surface area contributed by atoms with Gasteiger partial charge < -0.3 is 10.4 Å². The molecule has 2 N–H and O–H groups in total. The van der Waals surface area contributed by atoms with Crippen molar-refractivity contribution in [2.24, 2.45) is 0 Å². The number of carbonyl (C=O) groups is 2. The molecule has 2 rings (SSSR count). The summed E-state index contributed by atoms with van der Waals surface area (Å²) in [5.74, 6) is 0.523. The zero-order valence-corrected chi connectivity index (χ0v) is 11.1. The Morgan fingerprint density at radius 3 is 2.71 bits per heavy atom. The topological polar surface area (TPSA) is 84.2 Å². The smallest absolute Gasteiger partial charge is 0.327 e. The van der Waals surface area contributed by atoms with Crippen LogP contribution in [-0.2, 0) is 4.79 Å². The first kappa shape index (κ1) is 14.3. The van der Waals surface area contributed by atoms with Crippen LogP contribution < -0.4 is 5.32 Å². The lowest BCUT2D eigenvalue weighted by molar-refractivity contribution is -0.139. The lowest BCUT2D eigenvalue weighted by Crippen LogP contribution is -2.40. The minimum Gasteiger partial charge on any atom is -0.480 e. The maximum atomic E-state index is 12.0. The molecule has 1 aromatic carbocycles. The standard InChI is InChI=1S/C15H13N3O3/c1-2-6-13(15(20)21)17-14(19)11-9-16-18(10-11)12-7-4-3-5-8-12/h1,3-5,7-10,13H,6H2,(H,17,19)(H,20,21). The van der Waals surface area contributed by atoms with Crippen LogP contribution in [0.1, 0.15) is 16.8 Å². The lowest BCUT2D eigenvalue weighted by Gasteiger charge is -2.10. The molecule has 0 fully saturated rings. The van der Waals surface area contributed by atoms with Gasteiger partial charge in [0.2, 0.25) is 0 Å². The van der Waals surface area contributed by atoms with Gasteiger partial charge in [-0.05, 0) is 12.1 Å². The number of aromatic nitrogens is 2. The van der Waals surface area contributed by atoms with E-state index in [4.69, 9.17) is 11.5 Å². The Balaban J connectivity index is 2.12. The highest BCUT2D eigenvalue weighted by atomic mass is 16.4. The molecule has 0 aliphatic carbocycles. The number of carbonyl (C=O) groups excluding carboxylic acids is 1. The minimum absolute atomic E-state index is 0.0755. The Morgan fingerprint density at radius 2 is 2.10 bits per heavy atom. The molecule has 1 aromatic heterocycles. The predicted octanol–water partition coefficient (Wildman–Crippen LogP) is 1.08. The molecular weight excluding hydrogens is 270 g/mol. The first-order valence-electron chi connectivity index (χ1n) is 6.19. The molecule has 0 aliphatic heterocycles. The highest BCUT2D eigenvalue weighted by Crippen LogP contribution is 2.08. The maximum Gasteiger partial charge on any atom is 0.327 e. The Labute approximate surface area is 121 Å². The number of para-hydroxylation sites is 1. The van der Waals surface area contributed by atoms with Gasteiger partial charge in [0.25, 0.3) is 5.91 Å². The average molecular weight is 283 g/mol. The number of terminal acetylenes is 1. The van der Waals surface area contributed by atoms with E-state index in [-0.39, 0.29) is 12.0 Å². The molecule has 6 heteroatoms. The Bertz CT molecular complexity index is 686. The lowest BCUT2D eigenvalue weighted by atomic mass is 10.2. The highest BCUT2D eigenvalue weighted by Gasteiger charge is 2.20. The van der Waals surface area contributed by atoms with E-state index in [1.165, 1.54) is 17.1 Å². The van der Waals surface area contributed by atoms with Gasteiger partial charge >= 0.3 is 5.97 Å². The summed E-state index contributed by atoms with van der Waals surface area (Å²) in [4.78, 5) is 22.9. The number of carboxylic acids is 1. The summed E-state index contributed by atoms with van der Waals surface area (Å²) in [6.07, 6.45) is 7.90. The molecule has 0 spiro atoms. The molecule has 106 valence electrons. The van der Waals surface area contributed by atoms with Crippen LogP contribution in [0.4, 0.5) is 0 Å². The van der Waals surface area contributed by atoms with E-state index < -0.39 is 17.9 Å². The van der Waals surface area contributed by atoms with E-state index >= 15 is 0 Å². The maximum absolute atomic E-state index is 12.0. The van der Waals surface area contributed by atoms with E-state index in [0.29, 0.717) is 0 Å². The second-order valence-electron chi connectivity index (χ2n) is 4.28. The van der Waals surface area contributed by atoms with Crippen LogP contribution in [0.15, 0.2) is 42.7 Å². The van der Waals surface area contributed by atoms with Crippen LogP contribution in [0.3, 0.4) is 0 Å². The van der Waals surface area contributed by atoms with E-state index in [1.54, 1.807) is 0 Å². The van der Waals surface area contributed by atoms with Crippen molar-refractivity contribution < 1.29 is 14.7 Å². The van der Waals surface area contributed by atoms with E-state index in [0.717, 1.165) is 5.69 Å². The fraction of sp³-hybridized carbons (Fsp3) is 0.133. The van der Waals surface area contributed by atoms with Gasteiger partial charge in [-0.3, -0.25) is 4.79 Å². The molecule has 1 atom stereocenters. The molecule has 2 aromatic rings. The molecule has 1 amide bonds. The average Bonchev–Trinajstić information content (AvgIpc) is 2.97. The fourth-order valence-electron chi connectivity index (χ4n) is 1.72. The summed E-state index contributed by atoms with van der Waals surface area (Å²) < 4.78 is 1.53. The summed E-state index contributed by atoms with van der Waals surface area (Å²) in [5.41, 5.74) is 1.07. The van der Waals surface area contributed by atoms with Gasteiger partial charge in [0.15, 0.2) is 0 Å². The van der Waals surface area contributed by atoms with Crippen LogP contribution in [0.5, 0.6) is 0 Å². The van der Waals surface area contributed by atoms with Crippen molar-refractivity contribution in [1.29, 1.82) is 0 Å². The molecule has 0 radical (unpaired) electrons. The summed E-state index contributed by atoms with van der Waals surface area (Å²) in [6, 6.07) is 8.15. The normalized spacial score (nSPS) is 11.4. The zero-order chi connectivity index (χ0) is 15.2. The van der Waals surface area contributed by atoms with Gasteiger partial charge in [0.1, 0.15) is 6.04 Å². The van der Waals surface area contributed by atoms with Crippen LogP contribution >= 0.6 is 0 Å². The largest absolute Gasteiger partial charge is 0.480 e. The van der Waals surface area contributed by atoms with Gasteiger partial charge in [-0.1, -0.05) is 18.2 Å². The van der Waals surface area contributed by atoms with Crippen LogP contribution in [0.25, 0.3) is 5.69 Å². The molecule has 1 heterocycles. The number of carboxylic acid groups (broad SMARTS) is 1. The molecule has 0 saturated heterocycles. The molecule has 21 heavy (non-hydrogen) atoms. The van der Waals surface area contributed by atoms with Gasteiger partial charge in [0.05, 0.1) is 17.4 Å². The Morgan fingerprint density at radius 1 is 1.38 bits per heavy atom. The molecule has 0 saturated carbocycles. The van der Waals surface area contributed by atoms with Crippen LogP contribution in [-0.4, -0.2) is 32.8 Å². The Kier molecular flexibility index (Phi) is 4.36. The minimum atomic E-state index is -1.17. The predicted molar refractivity (Wildman–Crippen MR) is 75.9 cm³/mol. The first-order valence-corrected chi connectivity index (χ1v) is 6.19. The molecular formula is C15H13N3O3. The first-order chi connectivity index (χ1) is 10.1. The van der Waals surface area contributed by atoms with Gasteiger partial charge in [0, 0.05) is 12.6 Å². The van der Waals surface area contributed by atoms with Gasteiger partial charge in [-0.25, -0.2) is 9.48 Å². The summed E-state index contributed by atoms with van der Waals surface area (Å²) >= 11 is 0. The third kappa shape index (κ3) is 3.48. The fourth-order valence-corrected chi connectivity index (χ4v) is 1.72. The molecule has 6 nitrogen and oxygen atoms in total. The van der Waals surface area contributed by atoms with Crippen molar-refractivity contribution in [2.75, 3.05) is 0 Å². The van der Waals surface area contributed by atoms with Crippen LogP contribution in [0.2, 0.25) is 0 Å². The van der Waals surface area contributed by atoms with Crippen molar-refractivity contribution >= 4 is 11.9 Å². The van der Waals surface area contributed by atoms with Crippen molar-refractivity contribution in [2.45, 2.75) is 12.5 Å². The third-order valence-electron chi connectivity index (χ3n) is 2.79. The van der Waals surface area contributed by atoms with E-state index in [9.17, 15) is 9.59 Å². The van der Waals surface area contributed by atoms with Crippen molar-refractivity contribution in [1.82, 2.24) is 15.1 Å².